The molecule has 4 nitrogen and oxygen atoms in total. The Morgan fingerprint density at radius 1 is 1.20 bits per heavy atom. The van der Waals surface area contributed by atoms with Crippen molar-refractivity contribution < 1.29 is 4.79 Å². The van der Waals surface area contributed by atoms with Crippen LogP contribution in [0.1, 0.15) is 51.9 Å². The van der Waals surface area contributed by atoms with Crippen molar-refractivity contribution in [2.24, 2.45) is 11.7 Å². The third-order valence-electron chi connectivity index (χ3n) is 4.92. The molecule has 2 N–H and O–H groups in total. The first-order valence-electron chi connectivity index (χ1n) is 8.42. The van der Waals surface area contributed by atoms with Gasteiger partial charge in [0.15, 0.2) is 0 Å². The van der Waals surface area contributed by atoms with E-state index in [0.717, 1.165) is 32.5 Å². The van der Waals surface area contributed by atoms with Crippen molar-refractivity contribution >= 4 is 5.91 Å². The zero-order valence-electron chi connectivity index (χ0n) is 13.0. The van der Waals surface area contributed by atoms with Crippen LogP contribution in [-0.2, 0) is 4.79 Å². The molecule has 2 heterocycles. The van der Waals surface area contributed by atoms with Crippen LogP contribution in [0.15, 0.2) is 0 Å². The Bertz CT molecular complexity index is 302. The maximum absolute atomic E-state index is 12.3. The van der Waals surface area contributed by atoms with Crippen molar-refractivity contribution in [1.29, 1.82) is 0 Å². The summed E-state index contributed by atoms with van der Waals surface area (Å²) in [4.78, 5) is 17.0. The average Bonchev–Trinajstić information content (AvgIpc) is 2.99. The van der Waals surface area contributed by atoms with E-state index >= 15 is 0 Å². The molecule has 0 saturated carbocycles. The van der Waals surface area contributed by atoms with Gasteiger partial charge in [0.05, 0.1) is 0 Å². The maximum Gasteiger partial charge on any atom is 0.222 e. The van der Waals surface area contributed by atoms with Gasteiger partial charge in [-0.1, -0.05) is 6.92 Å². The SMILES string of the molecule is CC(CCN)CCC(=O)N1CCCC(N2CCCC2)C1. The summed E-state index contributed by atoms with van der Waals surface area (Å²) in [6.07, 6.45) is 7.83. The van der Waals surface area contributed by atoms with E-state index in [-0.39, 0.29) is 0 Å². The molecule has 0 radical (unpaired) electrons. The Labute approximate surface area is 123 Å². The zero-order chi connectivity index (χ0) is 14.4. The number of nitrogens with zero attached hydrogens (tertiary/aromatic N) is 2. The fourth-order valence-corrected chi connectivity index (χ4v) is 3.54. The van der Waals surface area contributed by atoms with Crippen molar-refractivity contribution in [3.05, 3.63) is 0 Å². The third kappa shape index (κ3) is 4.45. The number of amides is 1. The van der Waals surface area contributed by atoms with E-state index < -0.39 is 0 Å². The number of carbonyl (C=O) groups is 1. The Hall–Kier alpha value is -0.610. The summed E-state index contributed by atoms with van der Waals surface area (Å²) in [5.74, 6) is 0.931. The van der Waals surface area contributed by atoms with E-state index in [1.165, 1.54) is 38.8 Å². The van der Waals surface area contributed by atoms with Crippen molar-refractivity contribution in [3.63, 3.8) is 0 Å². The van der Waals surface area contributed by atoms with Crippen molar-refractivity contribution in [2.75, 3.05) is 32.7 Å². The fraction of sp³-hybridized carbons (Fsp3) is 0.938. The number of likely N-dealkylation sites (tertiary alicyclic amines) is 2. The lowest BCUT2D eigenvalue weighted by molar-refractivity contribution is -0.133. The second-order valence-corrected chi connectivity index (χ2v) is 6.60. The summed E-state index contributed by atoms with van der Waals surface area (Å²) in [7, 11) is 0. The Morgan fingerprint density at radius 3 is 2.65 bits per heavy atom. The lowest BCUT2D eigenvalue weighted by Gasteiger charge is -2.37. The quantitative estimate of drug-likeness (QED) is 0.808. The molecule has 2 rings (SSSR count). The van der Waals surface area contributed by atoms with Gasteiger partial charge in [0.25, 0.3) is 0 Å². The molecule has 0 aromatic heterocycles. The fourth-order valence-electron chi connectivity index (χ4n) is 3.54. The largest absolute Gasteiger partial charge is 0.341 e. The van der Waals surface area contributed by atoms with E-state index in [9.17, 15) is 4.79 Å². The molecule has 1 amide bonds. The lowest BCUT2D eigenvalue weighted by Crippen LogP contribution is -2.49. The van der Waals surface area contributed by atoms with Gasteiger partial charge in [-0.05, 0) is 64.1 Å². The number of rotatable bonds is 6. The van der Waals surface area contributed by atoms with Gasteiger partial charge >= 0.3 is 0 Å². The van der Waals surface area contributed by atoms with Crippen LogP contribution >= 0.6 is 0 Å². The summed E-state index contributed by atoms with van der Waals surface area (Å²) in [5, 5.41) is 0. The smallest absolute Gasteiger partial charge is 0.222 e. The molecule has 0 aromatic rings. The minimum atomic E-state index is 0.359. The Morgan fingerprint density at radius 2 is 1.95 bits per heavy atom. The number of hydrogen-bond donors (Lipinski definition) is 1. The molecule has 0 bridgehead atoms. The molecule has 0 spiro atoms. The topological polar surface area (TPSA) is 49.6 Å². The van der Waals surface area contributed by atoms with Crippen LogP contribution in [0.5, 0.6) is 0 Å². The molecule has 20 heavy (non-hydrogen) atoms. The third-order valence-corrected chi connectivity index (χ3v) is 4.92. The van der Waals surface area contributed by atoms with Crippen LogP contribution in [0.2, 0.25) is 0 Å². The van der Waals surface area contributed by atoms with Crippen molar-refractivity contribution in [3.8, 4) is 0 Å². The molecule has 0 aliphatic carbocycles. The molecule has 116 valence electrons. The summed E-state index contributed by atoms with van der Waals surface area (Å²) in [6.45, 7) is 7.33. The van der Waals surface area contributed by atoms with Crippen molar-refractivity contribution in [2.45, 2.75) is 57.9 Å². The Balaban J connectivity index is 1.74. The van der Waals surface area contributed by atoms with Crippen LogP contribution in [0.4, 0.5) is 0 Å². The van der Waals surface area contributed by atoms with Crippen LogP contribution < -0.4 is 5.73 Å². The highest BCUT2D eigenvalue weighted by Gasteiger charge is 2.28. The average molecular weight is 281 g/mol. The summed E-state index contributed by atoms with van der Waals surface area (Å²) in [6, 6.07) is 0.622. The van der Waals surface area contributed by atoms with Gasteiger partial charge < -0.3 is 10.6 Å². The molecular weight excluding hydrogens is 250 g/mol. The molecule has 2 unspecified atom stereocenters. The van der Waals surface area contributed by atoms with E-state index in [2.05, 4.69) is 16.7 Å². The van der Waals surface area contributed by atoms with Gasteiger partial charge in [-0.3, -0.25) is 9.69 Å². The van der Waals surface area contributed by atoms with E-state index in [0.29, 0.717) is 24.3 Å². The molecule has 2 saturated heterocycles. The maximum atomic E-state index is 12.3. The number of nitrogens with two attached hydrogens (primary N) is 1. The second-order valence-electron chi connectivity index (χ2n) is 6.60. The predicted octanol–water partition coefficient (Wildman–Crippen LogP) is 1.84. The number of carbonyl (C=O) groups excluding carboxylic acids is 1. The highest BCUT2D eigenvalue weighted by molar-refractivity contribution is 5.76. The Kier molecular flexibility index (Phi) is 6.30. The van der Waals surface area contributed by atoms with Gasteiger partial charge in [-0.25, -0.2) is 0 Å². The lowest BCUT2D eigenvalue weighted by atomic mass is 10.00. The number of hydrogen-bond acceptors (Lipinski definition) is 3. The molecule has 2 fully saturated rings. The van der Waals surface area contributed by atoms with Crippen LogP contribution in [0, 0.1) is 5.92 Å². The first-order chi connectivity index (χ1) is 9.70. The normalized spacial score (nSPS) is 25.9. The molecule has 2 atom stereocenters. The highest BCUT2D eigenvalue weighted by Crippen LogP contribution is 2.21. The summed E-state index contributed by atoms with van der Waals surface area (Å²) < 4.78 is 0. The minimum absolute atomic E-state index is 0.359. The van der Waals surface area contributed by atoms with Gasteiger partial charge in [0.2, 0.25) is 5.91 Å². The molecular formula is C16H31N3O. The molecule has 2 aliphatic heterocycles. The highest BCUT2D eigenvalue weighted by atomic mass is 16.2. The van der Waals surface area contributed by atoms with Crippen LogP contribution in [0.25, 0.3) is 0 Å². The first kappa shape index (κ1) is 15.8. The summed E-state index contributed by atoms with van der Waals surface area (Å²) >= 11 is 0. The van der Waals surface area contributed by atoms with Gasteiger partial charge in [-0.15, -0.1) is 0 Å². The van der Waals surface area contributed by atoms with Gasteiger partial charge in [0, 0.05) is 25.6 Å². The first-order valence-corrected chi connectivity index (χ1v) is 8.42. The molecule has 0 aromatic carbocycles. The van der Waals surface area contributed by atoms with E-state index in [1.54, 1.807) is 0 Å². The van der Waals surface area contributed by atoms with Crippen molar-refractivity contribution in [1.82, 2.24) is 9.80 Å². The van der Waals surface area contributed by atoms with Gasteiger partial charge in [-0.2, -0.15) is 0 Å². The number of piperidine rings is 1. The monoisotopic (exact) mass is 281 g/mol. The predicted molar refractivity (Wildman–Crippen MR) is 82.5 cm³/mol. The van der Waals surface area contributed by atoms with E-state index in [4.69, 9.17) is 5.73 Å². The zero-order valence-corrected chi connectivity index (χ0v) is 13.0. The molecule has 2 aliphatic rings. The van der Waals surface area contributed by atoms with E-state index in [1.807, 2.05) is 0 Å². The van der Waals surface area contributed by atoms with Crippen LogP contribution in [0.3, 0.4) is 0 Å². The van der Waals surface area contributed by atoms with Gasteiger partial charge in [0.1, 0.15) is 0 Å². The summed E-state index contributed by atoms with van der Waals surface area (Å²) in [5.41, 5.74) is 5.57. The standard InChI is InChI=1S/C16H31N3O/c1-14(8-9-17)6-7-16(20)19-12-4-5-15(13-19)18-10-2-3-11-18/h14-15H,2-13,17H2,1H3. The second kappa shape index (κ2) is 7.99. The minimum Gasteiger partial charge on any atom is -0.341 e. The molecule has 4 heteroatoms. The van der Waals surface area contributed by atoms with Crippen LogP contribution in [-0.4, -0.2) is 54.5 Å².